The second kappa shape index (κ2) is 4.45. The van der Waals surface area contributed by atoms with Gasteiger partial charge in [0.2, 0.25) is 0 Å². The van der Waals surface area contributed by atoms with Gasteiger partial charge in [0.05, 0.1) is 5.56 Å². The maximum absolute atomic E-state index is 11.0. The first-order valence-electron chi connectivity index (χ1n) is 5.19. The largest absolute Gasteiger partial charge is 0.478 e. The molecule has 0 saturated carbocycles. The van der Waals surface area contributed by atoms with Crippen LogP contribution in [-0.2, 0) is 4.74 Å². The van der Waals surface area contributed by atoms with E-state index in [9.17, 15) is 4.79 Å². The molecule has 2 rings (SSSR count). The minimum absolute atomic E-state index is 0.339. The summed E-state index contributed by atoms with van der Waals surface area (Å²) in [5, 5.41) is 9.07. The second-order valence-electron chi connectivity index (χ2n) is 3.78. The third-order valence-electron chi connectivity index (χ3n) is 2.85. The van der Waals surface area contributed by atoms with Crippen molar-refractivity contribution in [1.82, 2.24) is 0 Å². The molecular formula is C12H14O3. The highest BCUT2D eigenvalue weighted by Crippen LogP contribution is 2.29. The van der Waals surface area contributed by atoms with Gasteiger partial charge in [-0.15, -0.1) is 0 Å². The minimum Gasteiger partial charge on any atom is -0.478 e. The van der Waals surface area contributed by atoms with Gasteiger partial charge in [0.1, 0.15) is 0 Å². The molecular weight excluding hydrogens is 192 g/mol. The molecule has 15 heavy (non-hydrogen) atoms. The van der Waals surface area contributed by atoms with E-state index in [-0.39, 0.29) is 0 Å². The molecule has 3 heteroatoms. The fraction of sp³-hybridized carbons (Fsp3) is 0.417. The molecule has 1 aliphatic heterocycles. The van der Waals surface area contributed by atoms with Gasteiger partial charge >= 0.3 is 5.97 Å². The van der Waals surface area contributed by atoms with E-state index >= 15 is 0 Å². The summed E-state index contributed by atoms with van der Waals surface area (Å²) in [6.45, 7) is 1.47. The van der Waals surface area contributed by atoms with Crippen LogP contribution in [-0.4, -0.2) is 24.3 Å². The first-order valence-corrected chi connectivity index (χ1v) is 5.19. The summed E-state index contributed by atoms with van der Waals surface area (Å²) in [5.41, 5.74) is 1.39. The third-order valence-corrected chi connectivity index (χ3v) is 2.85. The first-order chi connectivity index (χ1) is 7.29. The number of hydrogen-bond acceptors (Lipinski definition) is 2. The Morgan fingerprint density at radius 1 is 1.27 bits per heavy atom. The van der Waals surface area contributed by atoms with Gasteiger partial charge in [-0.05, 0) is 30.4 Å². The molecule has 1 saturated heterocycles. The van der Waals surface area contributed by atoms with Crippen molar-refractivity contribution in [2.45, 2.75) is 18.8 Å². The van der Waals surface area contributed by atoms with Gasteiger partial charge in [-0.25, -0.2) is 4.79 Å². The topological polar surface area (TPSA) is 46.5 Å². The number of carboxylic acids is 1. The number of carbonyl (C=O) groups is 1. The van der Waals surface area contributed by atoms with E-state index < -0.39 is 5.97 Å². The van der Waals surface area contributed by atoms with E-state index in [0.717, 1.165) is 31.6 Å². The van der Waals surface area contributed by atoms with E-state index in [1.807, 2.05) is 12.1 Å². The second-order valence-corrected chi connectivity index (χ2v) is 3.78. The van der Waals surface area contributed by atoms with Crippen LogP contribution in [0.3, 0.4) is 0 Å². The molecule has 1 aromatic rings. The van der Waals surface area contributed by atoms with Crippen LogP contribution < -0.4 is 0 Å². The zero-order valence-corrected chi connectivity index (χ0v) is 8.48. The van der Waals surface area contributed by atoms with Crippen molar-refractivity contribution in [3.8, 4) is 0 Å². The highest BCUT2D eigenvalue weighted by atomic mass is 16.5. The summed E-state index contributed by atoms with van der Waals surface area (Å²) in [6, 6.07) is 7.26. The molecule has 1 fully saturated rings. The number of aromatic carboxylic acids is 1. The monoisotopic (exact) mass is 206 g/mol. The fourth-order valence-corrected chi connectivity index (χ4v) is 2.06. The van der Waals surface area contributed by atoms with Gasteiger partial charge in [0.15, 0.2) is 0 Å². The Morgan fingerprint density at radius 2 is 1.93 bits per heavy atom. The Hall–Kier alpha value is -1.35. The average molecular weight is 206 g/mol. The molecule has 80 valence electrons. The molecule has 0 aromatic heterocycles. The Bertz CT molecular complexity index is 354. The number of benzene rings is 1. The van der Waals surface area contributed by atoms with Gasteiger partial charge < -0.3 is 9.84 Å². The molecule has 0 radical (unpaired) electrons. The zero-order valence-electron chi connectivity index (χ0n) is 8.48. The zero-order chi connectivity index (χ0) is 10.7. The highest BCUT2D eigenvalue weighted by Gasteiger charge is 2.20. The average Bonchev–Trinajstić information content (AvgIpc) is 2.30. The molecule has 0 amide bonds. The predicted octanol–water partition coefficient (Wildman–Crippen LogP) is 2.28. The van der Waals surface area contributed by atoms with Crippen LogP contribution in [0, 0.1) is 0 Å². The molecule has 1 N–H and O–H groups in total. The molecule has 3 nitrogen and oxygen atoms in total. The highest BCUT2D eigenvalue weighted by molar-refractivity contribution is 5.89. The Balaban J connectivity index is 2.29. The Kier molecular flexibility index (Phi) is 3.02. The lowest BCUT2D eigenvalue weighted by Crippen LogP contribution is -2.16. The smallest absolute Gasteiger partial charge is 0.335 e. The molecule has 0 spiro atoms. The van der Waals surface area contributed by atoms with Gasteiger partial charge in [-0.2, -0.15) is 0 Å². The quantitative estimate of drug-likeness (QED) is 0.807. The van der Waals surface area contributed by atoms with Crippen LogP contribution in [0.2, 0.25) is 0 Å². The Labute approximate surface area is 88.7 Å². The first kappa shape index (κ1) is 10.2. The number of hydrogen-bond donors (Lipinski definition) is 1. The summed E-state index contributed by atoms with van der Waals surface area (Å²) in [5.74, 6) is -0.497. The van der Waals surface area contributed by atoms with Gasteiger partial charge in [-0.1, -0.05) is 18.2 Å². The van der Waals surface area contributed by atoms with Crippen LogP contribution in [0.25, 0.3) is 0 Å². The van der Waals surface area contributed by atoms with E-state index in [2.05, 4.69) is 0 Å². The summed E-state index contributed by atoms with van der Waals surface area (Å²) >= 11 is 0. The number of rotatable bonds is 2. The summed E-state index contributed by atoms with van der Waals surface area (Å²) in [6.07, 6.45) is 1.84. The summed E-state index contributed by atoms with van der Waals surface area (Å²) < 4.78 is 5.27. The van der Waals surface area contributed by atoms with Crippen molar-refractivity contribution in [2.24, 2.45) is 0 Å². The van der Waals surface area contributed by atoms with Crippen LogP contribution >= 0.6 is 0 Å². The van der Waals surface area contributed by atoms with Crippen LogP contribution in [0.1, 0.15) is 34.7 Å². The lowest BCUT2D eigenvalue weighted by Gasteiger charge is -2.23. The number of ether oxygens (including phenoxy) is 1. The van der Waals surface area contributed by atoms with Crippen molar-refractivity contribution < 1.29 is 14.6 Å². The van der Waals surface area contributed by atoms with Gasteiger partial charge in [0.25, 0.3) is 0 Å². The lowest BCUT2D eigenvalue weighted by molar-refractivity contribution is 0.0685. The van der Waals surface area contributed by atoms with Gasteiger partial charge in [0, 0.05) is 13.2 Å². The van der Waals surface area contributed by atoms with E-state index in [1.165, 1.54) is 0 Å². The fourth-order valence-electron chi connectivity index (χ4n) is 2.06. The van der Waals surface area contributed by atoms with Crippen molar-refractivity contribution in [3.63, 3.8) is 0 Å². The lowest BCUT2D eigenvalue weighted by atomic mass is 9.88. The van der Waals surface area contributed by atoms with Crippen molar-refractivity contribution >= 4 is 5.97 Å². The molecule has 0 atom stereocenters. The molecule has 0 bridgehead atoms. The van der Waals surface area contributed by atoms with Gasteiger partial charge in [-0.3, -0.25) is 0 Å². The summed E-state index contributed by atoms with van der Waals surface area (Å²) in [4.78, 5) is 11.0. The molecule has 1 heterocycles. The van der Waals surface area contributed by atoms with Crippen molar-refractivity contribution in [1.29, 1.82) is 0 Å². The van der Waals surface area contributed by atoms with E-state index in [0.29, 0.717) is 11.5 Å². The SMILES string of the molecule is O=C(O)c1ccccc1C1CCOCC1. The number of carboxylic acid groups (broad SMARTS) is 1. The maximum Gasteiger partial charge on any atom is 0.335 e. The van der Waals surface area contributed by atoms with Crippen LogP contribution in [0.15, 0.2) is 24.3 Å². The van der Waals surface area contributed by atoms with Crippen LogP contribution in [0.4, 0.5) is 0 Å². The van der Waals surface area contributed by atoms with Crippen LogP contribution in [0.5, 0.6) is 0 Å². The third kappa shape index (κ3) is 2.18. The maximum atomic E-state index is 11.0. The molecule has 1 aliphatic rings. The molecule has 0 unspecified atom stereocenters. The van der Waals surface area contributed by atoms with Crippen molar-refractivity contribution in [3.05, 3.63) is 35.4 Å². The Morgan fingerprint density at radius 3 is 2.60 bits per heavy atom. The normalized spacial score (nSPS) is 17.6. The molecule has 0 aliphatic carbocycles. The van der Waals surface area contributed by atoms with Crippen molar-refractivity contribution in [2.75, 3.05) is 13.2 Å². The summed E-state index contributed by atoms with van der Waals surface area (Å²) in [7, 11) is 0. The van der Waals surface area contributed by atoms with E-state index in [4.69, 9.17) is 9.84 Å². The minimum atomic E-state index is -0.836. The molecule has 1 aromatic carbocycles. The predicted molar refractivity (Wildman–Crippen MR) is 56.2 cm³/mol. The van der Waals surface area contributed by atoms with E-state index in [1.54, 1.807) is 12.1 Å². The standard InChI is InChI=1S/C12H14O3/c13-12(14)11-4-2-1-3-10(11)9-5-7-15-8-6-9/h1-4,9H,5-8H2,(H,13,14).